The van der Waals surface area contributed by atoms with Crippen LogP contribution in [-0.2, 0) is 6.54 Å². The van der Waals surface area contributed by atoms with Crippen molar-refractivity contribution in [1.82, 2.24) is 4.90 Å². The fourth-order valence-electron chi connectivity index (χ4n) is 2.18. The minimum atomic E-state index is -0.490. The number of aliphatic hydroxyl groups is 2. The number of hydrogen-bond acceptors (Lipinski definition) is 4. The highest BCUT2D eigenvalue weighted by Crippen LogP contribution is 2.24. The quantitative estimate of drug-likeness (QED) is 0.830. The van der Waals surface area contributed by atoms with E-state index in [1.165, 1.54) is 4.88 Å². The van der Waals surface area contributed by atoms with E-state index in [2.05, 4.69) is 22.1 Å². The van der Waals surface area contributed by atoms with Crippen LogP contribution >= 0.6 is 11.3 Å². The zero-order valence-electron chi connectivity index (χ0n) is 11.4. The third kappa shape index (κ3) is 4.32. The van der Waals surface area contributed by atoms with Gasteiger partial charge in [-0.05, 0) is 31.2 Å². The van der Waals surface area contributed by atoms with Crippen LogP contribution in [0.4, 0.5) is 0 Å². The highest BCUT2D eigenvalue weighted by atomic mass is 32.1. The maximum atomic E-state index is 9.95. The van der Waals surface area contributed by atoms with Crippen LogP contribution in [0, 0.1) is 11.8 Å². The van der Waals surface area contributed by atoms with E-state index in [1.807, 2.05) is 13.0 Å². The SMILES string of the molecule is CC1(O)CCN(Cc2sccc2C#CCCO)CC1. The minimum absolute atomic E-state index is 0.119. The van der Waals surface area contributed by atoms with E-state index in [-0.39, 0.29) is 6.61 Å². The lowest BCUT2D eigenvalue weighted by atomic mass is 9.94. The van der Waals surface area contributed by atoms with Crippen LogP contribution in [0.5, 0.6) is 0 Å². The van der Waals surface area contributed by atoms with Gasteiger partial charge in [0, 0.05) is 36.5 Å². The van der Waals surface area contributed by atoms with Gasteiger partial charge in [-0.3, -0.25) is 4.90 Å². The molecule has 2 rings (SSSR count). The van der Waals surface area contributed by atoms with Gasteiger partial charge in [0.25, 0.3) is 0 Å². The van der Waals surface area contributed by atoms with E-state index < -0.39 is 5.60 Å². The molecule has 0 radical (unpaired) electrons. The molecule has 1 aromatic heterocycles. The largest absolute Gasteiger partial charge is 0.395 e. The van der Waals surface area contributed by atoms with Crippen molar-refractivity contribution in [3.63, 3.8) is 0 Å². The summed E-state index contributed by atoms with van der Waals surface area (Å²) in [6.45, 7) is 4.83. The molecule has 3 nitrogen and oxygen atoms in total. The lowest BCUT2D eigenvalue weighted by Crippen LogP contribution is -2.41. The van der Waals surface area contributed by atoms with Crippen molar-refractivity contribution in [1.29, 1.82) is 0 Å². The summed E-state index contributed by atoms with van der Waals surface area (Å²) in [7, 11) is 0. The van der Waals surface area contributed by atoms with Crippen LogP contribution in [0.1, 0.15) is 36.6 Å². The molecule has 4 heteroatoms. The number of rotatable bonds is 3. The van der Waals surface area contributed by atoms with Crippen LogP contribution in [0.2, 0.25) is 0 Å². The molecule has 1 saturated heterocycles. The molecule has 2 N–H and O–H groups in total. The van der Waals surface area contributed by atoms with Gasteiger partial charge < -0.3 is 10.2 Å². The number of thiophene rings is 1. The molecular formula is C15H21NO2S. The van der Waals surface area contributed by atoms with Crippen LogP contribution in [0.3, 0.4) is 0 Å². The normalized spacial score (nSPS) is 18.9. The fraction of sp³-hybridized carbons (Fsp3) is 0.600. The number of likely N-dealkylation sites (tertiary alicyclic amines) is 1. The third-order valence-corrected chi connectivity index (χ3v) is 4.41. The van der Waals surface area contributed by atoms with E-state index in [1.54, 1.807) is 11.3 Å². The monoisotopic (exact) mass is 279 g/mol. The lowest BCUT2D eigenvalue weighted by molar-refractivity contribution is -0.00707. The molecule has 1 aromatic rings. The van der Waals surface area contributed by atoms with Crippen molar-refractivity contribution in [2.45, 2.75) is 38.3 Å². The number of aliphatic hydroxyl groups excluding tert-OH is 1. The molecule has 0 unspecified atom stereocenters. The predicted molar refractivity (Wildman–Crippen MR) is 78.0 cm³/mol. The van der Waals surface area contributed by atoms with Gasteiger partial charge in [-0.25, -0.2) is 0 Å². The Labute approximate surface area is 118 Å². The van der Waals surface area contributed by atoms with E-state index in [4.69, 9.17) is 5.11 Å². The lowest BCUT2D eigenvalue weighted by Gasteiger charge is -2.35. The molecular weight excluding hydrogens is 258 g/mol. The smallest absolute Gasteiger partial charge is 0.0644 e. The van der Waals surface area contributed by atoms with Gasteiger partial charge in [0.2, 0.25) is 0 Å². The van der Waals surface area contributed by atoms with Crippen molar-refractivity contribution in [3.8, 4) is 11.8 Å². The summed E-state index contributed by atoms with van der Waals surface area (Å²) in [5, 5.41) is 20.8. The van der Waals surface area contributed by atoms with Crippen molar-refractivity contribution in [2.24, 2.45) is 0 Å². The molecule has 0 saturated carbocycles. The minimum Gasteiger partial charge on any atom is -0.395 e. The predicted octanol–water partition coefficient (Wildman–Crippen LogP) is 1.83. The molecule has 0 atom stereocenters. The van der Waals surface area contributed by atoms with E-state index in [0.717, 1.165) is 38.0 Å². The summed E-state index contributed by atoms with van der Waals surface area (Å²) in [4.78, 5) is 3.66. The third-order valence-electron chi connectivity index (χ3n) is 3.51. The van der Waals surface area contributed by atoms with E-state index in [0.29, 0.717) is 6.42 Å². The van der Waals surface area contributed by atoms with Crippen LogP contribution in [0.25, 0.3) is 0 Å². The van der Waals surface area contributed by atoms with Gasteiger partial charge in [0.1, 0.15) is 0 Å². The highest BCUT2D eigenvalue weighted by molar-refractivity contribution is 7.10. The summed E-state index contributed by atoms with van der Waals surface area (Å²) < 4.78 is 0. The first-order valence-electron chi connectivity index (χ1n) is 6.71. The Morgan fingerprint density at radius 2 is 2.16 bits per heavy atom. The summed E-state index contributed by atoms with van der Waals surface area (Å²) in [6, 6.07) is 2.05. The molecule has 0 aliphatic carbocycles. The highest BCUT2D eigenvalue weighted by Gasteiger charge is 2.27. The van der Waals surface area contributed by atoms with Crippen molar-refractivity contribution >= 4 is 11.3 Å². The molecule has 19 heavy (non-hydrogen) atoms. The molecule has 1 aliphatic heterocycles. The first kappa shape index (κ1) is 14.5. The Hall–Kier alpha value is -0.860. The number of nitrogens with zero attached hydrogens (tertiary/aromatic N) is 1. The van der Waals surface area contributed by atoms with E-state index >= 15 is 0 Å². The van der Waals surface area contributed by atoms with Crippen molar-refractivity contribution < 1.29 is 10.2 Å². The number of piperidine rings is 1. The van der Waals surface area contributed by atoms with Gasteiger partial charge in [0.05, 0.1) is 12.2 Å². The topological polar surface area (TPSA) is 43.7 Å². The molecule has 1 aliphatic rings. The first-order valence-corrected chi connectivity index (χ1v) is 7.59. The second kappa shape index (κ2) is 6.53. The average molecular weight is 279 g/mol. The van der Waals surface area contributed by atoms with Gasteiger partial charge in [0.15, 0.2) is 0 Å². The average Bonchev–Trinajstić information content (AvgIpc) is 2.80. The Bertz CT molecular complexity index is 460. The van der Waals surface area contributed by atoms with Crippen LogP contribution in [0.15, 0.2) is 11.4 Å². The summed E-state index contributed by atoms with van der Waals surface area (Å²) in [5.74, 6) is 6.10. The molecule has 1 fully saturated rings. The summed E-state index contributed by atoms with van der Waals surface area (Å²) in [5.41, 5.74) is 0.589. The Balaban J connectivity index is 1.94. The van der Waals surface area contributed by atoms with Crippen LogP contribution in [-0.4, -0.2) is 40.4 Å². The summed E-state index contributed by atoms with van der Waals surface area (Å²) in [6.07, 6.45) is 2.20. The van der Waals surface area contributed by atoms with Crippen molar-refractivity contribution in [3.05, 3.63) is 21.9 Å². The summed E-state index contributed by atoms with van der Waals surface area (Å²) >= 11 is 1.73. The fourth-order valence-corrected chi connectivity index (χ4v) is 3.06. The van der Waals surface area contributed by atoms with Gasteiger partial charge in [-0.1, -0.05) is 11.8 Å². The molecule has 0 spiro atoms. The molecule has 0 aromatic carbocycles. The Kier molecular flexibility index (Phi) is 5.00. The maximum Gasteiger partial charge on any atom is 0.0644 e. The van der Waals surface area contributed by atoms with Gasteiger partial charge >= 0.3 is 0 Å². The zero-order valence-corrected chi connectivity index (χ0v) is 12.2. The standard InChI is InChI=1S/C15H21NO2S/c1-15(18)6-8-16(9-7-15)12-14-13(5-11-19-14)4-2-3-10-17/h5,11,17-18H,3,6-10,12H2,1H3. The van der Waals surface area contributed by atoms with E-state index in [9.17, 15) is 5.11 Å². The van der Waals surface area contributed by atoms with Crippen molar-refractivity contribution in [2.75, 3.05) is 19.7 Å². The molecule has 2 heterocycles. The Morgan fingerprint density at radius 3 is 2.84 bits per heavy atom. The van der Waals surface area contributed by atoms with Gasteiger partial charge in [-0.2, -0.15) is 0 Å². The second-order valence-electron chi connectivity index (χ2n) is 5.31. The first-order chi connectivity index (χ1) is 9.11. The molecule has 104 valence electrons. The maximum absolute atomic E-state index is 9.95. The molecule has 0 amide bonds. The second-order valence-corrected chi connectivity index (χ2v) is 6.31. The number of hydrogen-bond donors (Lipinski definition) is 2. The zero-order chi connectivity index (χ0) is 13.7. The Morgan fingerprint density at radius 1 is 1.42 bits per heavy atom. The molecule has 0 bridgehead atoms. The van der Waals surface area contributed by atoms with Gasteiger partial charge in [-0.15, -0.1) is 11.3 Å². The van der Waals surface area contributed by atoms with Crippen LogP contribution < -0.4 is 0 Å².